The van der Waals surface area contributed by atoms with Crippen LogP contribution in [0.2, 0.25) is 0 Å². The molecule has 1 aliphatic heterocycles. The Morgan fingerprint density at radius 2 is 1.08 bits per heavy atom. The van der Waals surface area contributed by atoms with E-state index in [9.17, 15) is 0 Å². The second kappa shape index (κ2) is 14.2. The Morgan fingerprint density at radius 1 is 0.510 bits per heavy atom. The first kappa shape index (κ1) is 32.9. The Hall–Kier alpha value is -5.28. The zero-order chi connectivity index (χ0) is 34.9. The summed E-state index contributed by atoms with van der Waals surface area (Å²) >= 11 is 1.89. The molecule has 0 amide bonds. The number of hydrogen-bond donors (Lipinski definition) is 1. The molecule has 250 valence electrons. The summed E-state index contributed by atoms with van der Waals surface area (Å²) in [6.07, 6.45) is 1.25. The van der Waals surface area contributed by atoms with Crippen LogP contribution in [-0.4, -0.2) is 6.54 Å². The standard InChI is InChI=1S/C46H35NS.C3H8/c1-29-10-3-4-13-38(29)40-16-8-15-39(30(40)2)36-25-35(26-37(27-36)44-28-47-44)32-22-20-31(21-23-32)33-11-7-12-34(24-33)41-17-9-18-43-42-14-5-6-19-45(42)48-46(41)43;1-3-2/h3-27,44,47H,28H2,1-2H3;3H2,1-2H3. The Labute approximate surface area is 306 Å². The van der Waals surface area contributed by atoms with Crippen molar-refractivity contribution in [2.45, 2.75) is 40.2 Å². The maximum Gasteiger partial charge on any atom is 0.0448 e. The monoisotopic (exact) mass is 677 g/mol. The fraction of sp³-hybridized carbons (Fsp3) is 0.143. The molecule has 2 heteroatoms. The molecule has 0 spiro atoms. The molecule has 1 aliphatic rings. The maximum atomic E-state index is 3.54. The molecule has 1 fully saturated rings. The fourth-order valence-corrected chi connectivity index (χ4v) is 8.52. The van der Waals surface area contributed by atoms with E-state index in [-0.39, 0.29) is 0 Å². The zero-order valence-corrected chi connectivity index (χ0v) is 30.7. The lowest BCUT2D eigenvalue weighted by atomic mass is 9.88. The molecule has 0 aliphatic carbocycles. The van der Waals surface area contributed by atoms with Crippen LogP contribution in [0, 0.1) is 13.8 Å². The molecule has 9 rings (SSSR count). The highest BCUT2D eigenvalue weighted by molar-refractivity contribution is 7.26. The molecule has 51 heavy (non-hydrogen) atoms. The van der Waals surface area contributed by atoms with Crippen molar-refractivity contribution in [1.82, 2.24) is 5.32 Å². The number of fused-ring (bicyclic) bond motifs is 3. The minimum Gasteiger partial charge on any atom is -0.307 e. The average Bonchev–Trinajstić information content (AvgIpc) is 3.96. The van der Waals surface area contributed by atoms with E-state index in [1.165, 1.54) is 98.9 Å². The highest BCUT2D eigenvalue weighted by atomic mass is 32.1. The number of nitrogens with one attached hydrogen (secondary N) is 1. The summed E-state index contributed by atoms with van der Waals surface area (Å²) in [5.74, 6) is 0. The number of aryl methyl sites for hydroxylation is 1. The SMILES string of the molecule is CCC.Cc1ccccc1-c1cccc(-c2cc(-c3ccc(-c4cccc(-c5cccc6c5sc5ccccc56)c4)cc3)cc(C3CN3)c2)c1C. The van der Waals surface area contributed by atoms with Gasteiger partial charge in [0.2, 0.25) is 0 Å². The van der Waals surface area contributed by atoms with E-state index in [1.807, 2.05) is 11.3 Å². The van der Waals surface area contributed by atoms with Gasteiger partial charge in [0.05, 0.1) is 0 Å². The van der Waals surface area contributed by atoms with Gasteiger partial charge in [-0.05, 0) is 117 Å². The van der Waals surface area contributed by atoms with E-state index in [0.717, 1.165) is 6.54 Å². The molecular weight excluding hydrogens is 635 g/mol. The van der Waals surface area contributed by atoms with E-state index < -0.39 is 0 Å². The van der Waals surface area contributed by atoms with Gasteiger partial charge >= 0.3 is 0 Å². The Morgan fingerprint density at radius 3 is 1.86 bits per heavy atom. The predicted octanol–water partition coefficient (Wildman–Crippen LogP) is 14.1. The van der Waals surface area contributed by atoms with E-state index in [2.05, 4.69) is 185 Å². The molecular formula is C49H43NS. The topological polar surface area (TPSA) is 21.9 Å². The van der Waals surface area contributed by atoms with Gasteiger partial charge in [0.25, 0.3) is 0 Å². The lowest BCUT2D eigenvalue weighted by Crippen LogP contribution is -1.93. The van der Waals surface area contributed by atoms with Gasteiger partial charge in [-0.3, -0.25) is 0 Å². The first-order chi connectivity index (χ1) is 25.0. The van der Waals surface area contributed by atoms with Crippen LogP contribution in [-0.2, 0) is 0 Å². The van der Waals surface area contributed by atoms with Gasteiger partial charge in [-0.1, -0.05) is 142 Å². The van der Waals surface area contributed by atoms with E-state index in [0.29, 0.717) is 6.04 Å². The van der Waals surface area contributed by atoms with Crippen molar-refractivity contribution in [2.75, 3.05) is 6.54 Å². The van der Waals surface area contributed by atoms with E-state index in [1.54, 1.807) is 0 Å². The molecule has 1 unspecified atom stereocenters. The molecule has 1 N–H and O–H groups in total. The van der Waals surface area contributed by atoms with Crippen molar-refractivity contribution in [3.05, 3.63) is 168 Å². The Bertz CT molecular complexity index is 2500. The predicted molar refractivity (Wildman–Crippen MR) is 223 cm³/mol. The molecule has 0 radical (unpaired) electrons. The summed E-state index contributed by atoms with van der Waals surface area (Å²) in [7, 11) is 0. The Kier molecular flexibility index (Phi) is 9.13. The van der Waals surface area contributed by atoms with Gasteiger partial charge in [-0.15, -0.1) is 11.3 Å². The van der Waals surface area contributed by atoms with Crippen LogP contribution in [0.15, 0.2) is 152 Å². The molecule has 1 atom stereocenters. The van der Waals surface area contributed by atoms with Crippen molar-refractivity contribution in [1.29, 1.82) is 0 Å². The fourth-order valence-electron chi connectivity index (χ4n) is 7.28. The Balaban J connectivity index is 0.00000121. The van der Waals surface area contributed by atoms with Gasteiger partial charge in [-0.2, -0.15) is 0 Å². The first-order valence-corrected chi connectivity index (χ1v) is 19.0. The second-order valence-corrected chi connectivity index (χ2v) is 14.8. The van der Waals surface area contributed by atoms with Gasteiger partial charge in [-0.25, -0.2) is 0 Å². The zero-order valence-electron chi connectivity index (χ0n) is 29.8. The first-order valence-electron chi connectivity index (χ1n) is 18.2. The third-order valence-corrected chi connectivity index (χ3v) is 11.2. The summed E-state index contributed by atoms with van der Waals surface area (Å²) in [5.41, 5.74) is 16.7. The normalized spacial score (nSPS) is 13.6. The highest BCUT2D eigenvalue weighted by Crippen LogP contribution is 2.41. The number of hydrogen-bond acceptors (Lipinski definition) is 2. The number of rotatable bonds is 6. The summed E-state index contributed by atoms with van der Waals surface area (Å²) in [6, 6.07) is 56.5. The van der Waals surface area contributed by atoms with Crippen LogP contribution >= 0.6 is 11.3 Å². The lowest BCUT2D eigenvalue weighted by molar-refractivity contribution is 1.08. The van der Waals surface area contributed by atoms with Crippen LogP contribution in [0.5, 0.6) is 0 Å². The van der Waals surface area contributed by atoms with Crippen molar-refractivity contribution in [3.63, 3.8) is 0 Å². The third-order valence-electron chi connectivity index (χ3n) is 9.98. The third kappa shape index (κ3) is 6.54. The molecule has 1 nitrogen and oxygen atoms in total. The smallest absolute Gasteiger partial charge is 0.0448 e. The van der Waals surface area contributed by atoms with Crippen LogP contribution in [0.25, 0.3) is 75.8 Å². The van der Waals surface area contributed by atoms with Crippen molar-refractivity contribution < 1.29 is 0 Å². The lowest BCUT2D eigenvalue weighted by Gasteiger charge is -2.16. The summed E-state index contributed by atoms with van der Waals surface area (Å²) in [6.45, 7) is 9.75. The van der Waals surface area contributed by atoms with Gasteiger partial charge in [0, 0.05) is 32.8 Å². The van der Waals surface area contributed by atoms with E-state index in [4.69, 9.17) is 0 Å². The minimum absolute atomic E-state index is 0.427. The number of thiophene rings is 1. The van der Waals surface area contributed by atoms with Gasteiger partial charge < -0.3 is 5.32 Å². The second-order valence-electron chi connectivity index (χ2n) is 13.7. The summed E-state index contributed by atoms with van der Waals surface area (Å²) in [4.78, 5) is 0. The molecule has 0 bridgehead atoms. The van der Waals surface area contributed by atoms with Gasteiger partial charge in [0.1, 0.15) is 0 Å². The van der Waals surface area contributed by atoms with Crippen molar-refractivity contribution in [2.24, 2.45) is 0 Å². The van der Waals surface area contributed by atoms with Crippen LogP contribution < -0.4 is 5.32 Å². The van der Waals surface area contributed by atoms with Crippen LogP contribution in [0.4, 0.5) is 0 Å². The summed E-state index contributed by atoms with van der Waals surface area (Å²) in [5, 5.41) is 6.21. The van der Waals surface area contributed by atoms with E-state index >= 15 is 0 Å². The molecule has 8 aromatic rings. The molecule has 2 heterocycles. The largest absolute Gasteiger partial charge is 0.307 e. The van der Waals surface area contributed by atoms with Gasteiger partial charge in [0.15, 0.2) is 0 Å². The molecule has 0 saturated carbocycles. The maximum absolute atomic E-state index is 3.54. The van der Waals surface area contributed by atoms with Crippen LogP contribution in [0.3, 0.4) is 0 Å². The van der Waals surface area contributed by atoms with Crippen molar-refractivity contribution >= 4 is 31.5 Å². The molecule has 7 aromatic carbocycles. The quantitative estimate of drug-likeness (QED) is 0.174. The number of benzene rings is 7. The molecule has 1 aromatic heterocycles. The van der Waals surface area contributed by atoms with Crippen molar-refractivity contribution in [3.8, 4) is 55.6 Å². The van der Waals surface area contributed by atoms with Crippen LogP contribution in [0.1, 0.15) is 43.0 Å². The highest BCUT2D eigenvalue weighted by Gasteiger charge is 2.24. The molecule has 1 saturated heterocycles. The minimum atomic E-state index is 0.427. The average molecular weight is 678 g/mol. The summed E-state index contributed by atoms with van der Waals surface area (Å²) < 4.78 is 2.69.